The maximum Gasteiger partial charge on any atom is 0.416 e. The standard InChI is InChI=1S/C32H35F3N4O3/c33-32(34,35)23-8-6-7-22(19-23)20-38(24-9-2-1-3-10-24)21-26-13-14-29(42-26)30(40)37-17-15-25(16-18-37)39-28-12-5-4-11-27(28)36-31(39)41/h4-8,11-14,19,24-25H,1-3,9-10,15-18,20-21H2,(H,36,41). The normalized spacial score (nSPS) is 17.4. The SMILES string of the molecule is O=C(c1ccc(CN(Cc2cccc(C(F)(F)F)c2)C2CCCCC2)o1)N1CCC(n2c(=O)[nH]c3ccccc32)CC1. The number of H-pyrrole nitrogens is 1. The monoisotopic (exact) mass is 580 g/mol. The zero-order valence-electron chi connectivity index (χ0n) is 23.4. The molecule has 1 aliphatic heterocycles. The number of hydrogen-bond donors (Lipinski definition) is 1. The highest BCUT2D eigenvalue weighted by Gasteiger charge is 2.31. The van der Waals surface area contributed by atoms with E-state index in [0.29, 0.717) is 50.3 Å². The van der Waals surface area contributed by atoms with E-state index < -0.39 is 11.7 Å². The van der Waals surface area contributed by atoms with Crippen LogP contribution in [0.25, 0.3) is 11.0 Å². The third-order valence-corrected chi connectivity index (χ3v) is 8.70. The number of nitrogens with zero attached hydrogens (tertiary/aromatic N) is 3. The summed E-state index contributed by atoms with van der Waals surface area (Å²) in [4.78, 5) is 32.8. The molecule has 0 unspecified atom stereocenters. The van der Waals surface area contributed by atoms with E-state index in [1.807, 2.05) is 24.3 Å². The van der Waals surface area contributed by atoms with E-state index in [-0.39, 0.29) is 29.4 Å². The van der Waals surface area contributed by atoms with Gasteiger partial charge in [0.2, 0.25) is 0 Å². The number of furan rings is 1. The molecule has 1 saturated carbocycles. The largest absolute Gasteiger partial charge is 0.455 e. The van der Waals surface area contributed by atoms with Crippen LogP contribution in [0.5, 0.6) is 0 Å². The number of hydrogen-bond acceptors (Lipinski definition) is 4. The van der Waals surface area contributed by atoms with Crippen LogP contribution in [0, 0.1) is 0 Å². The average molecular weight is 581 g/mol. The van der Waals surface area contributed by atoms with Crippen molar-refractivity contribution in [2.75, 3.05) is 13.1 Å². The first kappa shape index (κ1) is 28.3. The van der Waals surface area contributed by atoms with Crippen LogP contribution in [-0.2, 0) is 19.3 Å². The number of amides is 1. The van der Waals surface area contributed by atoms with Gasteiger partial charge in [-0.2, -0.15) is 13.2 Å². The van der Waals surface area contributed by atoms with Crippen molar-refractivity contribution >= 4 is 16.9 Å². The van der Waals surface area contributed by atoms with E-state index in [4.69, 9.17) is 4.42 Å². The van der Waals surface area contributed by atoms with Crippen LogP contribution in [-0.4, -0.2) is 44.4 Å². The summed E-state index contributed by atoms with van der Waals surface area (Å²) in [5.74, 6) is 0.694. The van der Waals surface area contributed by atoms with Gasteiger partial charge in [0.1, 0.15) is 5.76 Å². The lowest BCUT2D eigenvalue weighted by Gasteiger charge is -2.34. The molecule has 2 aromatic heterocycles. The molecule has 1 N–H and O–H groups in total. The van der Waals surface area contributed by atoms with Crippen molar-refractivity contribution < 1.29 is 22.4 Å². The number of halogens is 3. The van der Waals surface area contributed by atoms with Crippen LogP contribution in [0.3, 0.4) is 0 Å². The number of imidazole rings is 1. The Balaban J connectivity index is 1.12. The Morgan fingerprint density at radius 1 is 0.929 bits per heavy atom. The van der Waals surface area contributed by atoms with Gasteiger partial charge in [0.05, 0.1) is 23.1 Å². The van der Waals surface area contributed by atoms with E-state index in [2.05, 4.69) is 9.88 Å². The number of rotatable bonds is 7. The molecule has 10 heteroatoms. The van der Waals surface area contributed by atoms with Crippen LogP contribution in [0.15, 0.2) is 69.9 Å². The topological polar surface area (TPSA) is 74.5 Å². The number of carbonyl (C=O) groups is 1. The van der Waals surface area contributed by atoms with E-state index in [0.717, 1.165) is 42.8 Å². The number of piperidine rings is 1. The predicted octanol–water partition coefficient (Wildman–Crippen LogP) is 6.75. The summed E-state index contributed by atoms with van der Waals surface area (Å²) < 4.78 is 47.8. The molecule has 6 rings (SSSR count). The fourth-order valence-corrected chi connectivity index (χ4v) is 6.54. The number of nitrogens with one attached hydrogen (secondary N) is 1. The van der Waals surface area contributed by atoms with Gasteiger partial charge in [-0.3, -0.25) is 14.3 Å². The maximum absolute atomic E-state index is 13.3. The highest BCUT2D eigenvalue weighted by atomic mass is 19.4. The van der Waals surface area contributed by atoms with Crippen molar-refractivity contribution in [3.63, 3.8) is 0 Å². The summed E-state index contributed by atoms with van der Waals surface area (Å²) in [6.45, 7) is 1.81. The van der Waals surface area contributed by atoms with Crippen LogP contribution in [0.2, 0.25) is 0 Å². The number of fused-ring (bicyclic) bond motifs is 1. The van der Waals surface area contributed by atoms with Crippen molar-refractivity contribution in [2.24, 2.45) is 0 Å². The van der Waals surface area contributed by atoms with Crippen molar-refractivity contribution in [1.29, 1.82) is 0 Å². The average Bonchev–Trinajstić information content (AvgIpc) is 3.60. The highest BCUT2D eigenvalue weighted by molar-refractivity contribution is 5.91. The number of benzene rings is 2. The number of para-hydroxylation sites is 2. The van der Waals surface area contributed by atoms with Gasteiger partial charge < -0.3 is 14.3 Å². The maximum atomic E-state index is 13.3. The number of aromatic nitrogens is 2. The summed E-state index contributed by atoms with van der Waals surface area (Å²) in [5.41, 5.74) is 1.50. The van der Waals surface area contributed by atoms with Gasteiger partial charge in [-0.1, -0.05) is 49.6 Å². The second kappa shape index (κ2) is 11.8. The minimum Gasteiger partial charge on any atom is -0.455 e. The van der Waals surface area contributed by atoms with Gasteiger partial charge in [-0.05, 0) is 61.6 Å². The fourth-order valence-electron chi connectivity index (χ4n) is 6.54. The summed E-state index contributed by atoms with van der Waals surface area (Å²) in [5, 5.41) is 0. The molecular weight excluding hydrogens is 545 g/mol. The summed E-state index contributed by atoms with van der Waals surface area (Å²) in [7, 11) is 0. The Morgan fingerprint density at radius 2 is 1.69 bits per heavy atom. The first-order valence-electron chi connectivity index (χ1n) is 14.7. The van der Waals surface area contributed by atoms with Gasteiger partial charge in [0.25, 0.3) is 5.91 Å². The van der Waals surface area contributed by atoms with E-state index in [1.54, 1.807) is 27.7 Å². The van der Waals surface area contributed by atoms with Crippen molar-refractivity contribution in [1.82, 2.24) is 19.4 Å². The second-order valence-electron chi connectivity index (χ2n) is 11.5. The number of aromatic amines is 1. The molecule has 1 saturated heterocycles. The lowest BCUT2D eigenvalue weighted by Crippen LogP contribution is -2.40. The van der Waals surface area contributed by atoms with E-state index in [9.17, 15) is 22.8 Å². The number of alkyl halides is 3. The van der Waals surface area contributed by atoms with Crippen LogP contribution >= 0.6 is 0 Å². The van der Waals surface area contributed by atoms with E-state index >= 15 is 0 Å². The van der Waals surface area contributed by atoms with Crippen LogP contribution < -0.4 is 5.69 Å². The highest BCUT2D eigenvalue weighted by Crippen LogP contribution is 2.32. The zero-order valence-corrected chi connectivity index (χ0v) is 23.4. The molecule has 1 amide bonds. The van der Waals surface area contributed by atoms with Gasteiger partial charge in [-0.25, -0.2) is 4.79 Å². The second-order valence-corrected chi connectivity index (χ2v) is 11.5. The first-order chi connectivity index (χ1) is 20.3. The van der Waals surface area contributed by atoms with Gasteiger partial charge >= 0.3 is 11.9 Å². The Kier molecular flexibility index (Phi) is 7.98. The quantitative estimate of drug-likeness (QED) is 0.262. The summed E-state index contributed by atoms with van der Waals surface area (Å²) in [6.07, 6.45) is 2.25. The molecule has 0 bridgehead atoms. The minimum atomic E-state index is -4.39. The van der Waals surface area contributed by atoms with Gasteiger partial charge in [0.15, 0.2) is 5.76 Å². The van der Waals surface area contributed by atoms with Gasteiger partial charge in [-0.15, -0.1) is 0 Å². The van der Waals surface area contributed by atoms with Crippen LogP contribution in [0.1, 0.15) is 78.4 Å². The molecule has 2 fully saturated rings. The molecule has 0 spiro atoms. The molecule has 0 atom stereocenters. The Morgan fingerprint density at radius 3 is 2.45 bits per heavy atom. The van der Waals surface area contributed by atoms with Crippen molar-refractivity contribution in [3.05, 3.63) is 93.8 Å². The molecule has 7 nitrogen and oxygen atoms in total. The van der Waals surface area contributed by atoms with Crippen LogP contribution in [0.4, 0.5) is 13.2 Å². The lowest BCUT2D eigenvalue weighted by atomic mass is 9.93. The molecular formula is C32H35F3N4O3. The molecule has 2 aliphatic rings. The fraction of sp³-hybridized carbons (Fsp3) is 0.438. The van der Waals surface area contributed by atoms with Crippen molar-refractivity contribution in [2.45, 2.75) is 76.3 Å². The third-order valence-electron chi connectivity index (χ3n) is 8.70. The number of likely N-dealkylation sites (tertiary alicyclic amines) is 1. The Hall–Kier alpha value is -3.79. The summed E-state index contributed by atoms with van der Waals surface area (Å²) >= 11 is 0. The van der Waals surface area contributed by atoms with Gasteiger partial charge in [0, 0.05) is 31.7 Å². The molecule has 3 heterocycles. The molecule has 222 valence electrons. The molecule has 4 aromatic rings. The molecule has 1 aliphatic carbocycles. The smallest absolute Gasteiger partial charge is 0.416 e. The number of carbonyl (C=O) groups excluding carboxylic acids is 1. The van der Waals surface area contributed by atoms with Crippen molar-refractivity contribution in [3.8, 4) is 0 Å². The minimum absolute atomic E-state index is 0.00441. The Bertz CT molecular complexity index is 1590. The summed E-state index contributed by atoms with van der Waals surface area (Å²) in [6, 6.07) is 16.9. The molecule has 2 aromatic carbocycles. The van der Waals surface area contributed by atoms with E-state index in [1.165, 1.54) is 18.6 Å². The molecule has 42 heavy (non-hydrogen) atoms. The zero-order chi connectivity index (χ0) is 29.3. The third kappa shape index (κ3) is 6.04. The first-order valence-corrected chi connectivity index (χ1v) is 14.7. The Labute approximate surface area is 241 Å². The predicted molar refractivity (Wildman–Crippen MR) is 153 cm³/mol. The lowest BCUT2D eigenvalue weighted by molar-refractivity contribution is -0.137. The molecule has 0 radical (unpaired) electrons.